The lowest BCUT2D eigenvalue weighted by atomic mass is 10.1. The number of aliphatic imine (C=N–C) groups is 1. The quantitative estimate of drug-likeness (QED) is 0.211. The molecule has 0 fully saturated rings. The summed E-state index contributed by atoms with van der Waals surface area (Å²) < 4.78 is 30.6. The van der Waals surface area contributed by atoms with Gasteiger partial charge in [-0.25, -0.2) is 13.4 Å². The van der Waals surface area contributed by atoms with E-state index in [0.29, 0.717) is 18.9 Å². The molecule has 1 unspecified atom stereocenters. The molecule has 31 heavy (non-hydrogen) atoms. The Morgan fingerprint density at radius 1 is 1.26 bits per heavy atom. The smallest absolute Gasteiger partial charge is 0.191 e. The minimum Gasteiger partial charge on any atom is -0.492 e. The van der Waals surface area contributed by atoms with Crippen molar-refractivity contribution < 1.29 is 13.2 Å². The Bertz CT molecular complexity index is 972. The first-order valence-corrected chi connectivity index (χ1v) is 12.0. The minimum atomic E-state index is -3.20. The maximum Gasteiger partial charge on any atom is 0.191 e. The second kappa shape index (κ2) is 12.3. The minimum absolute atomic E-state index is 0. The SMILES string of the molecule is CCNC(=NCCOc1ccc(S(C)(=O)=O)cc1)NC(C)Cc1c(C)nn(C)c1C.I. The van der Waals surface area contributed by atoms with Crippen molar-refractivity contribution in [2.45, 2.75) is 45.1 Å². The number of guanidine groups is 1. The molecule has 0 bridgehead atoms. The molecule has 2 aromatic rings. The molecule has 1 aromatic carbocycles. The highest BCUT2D eigenvalue weighted by molar-refractivity contribution is 14.0. The summed E-state index contributed by atoms with van der Waals surface area (Å²) in [5.74, 6) is 1.35. The summed E-state index contributed by atoms with van der Waals surface area (Å²) in [7, 11) is -1.24. The summed E-state index contributed by atoms with van der Waals surface area (Å²) in [6, 6.07) is 6.59. The van der Waals surface area contributed by atoms with Gasteiger partial charge in [0, 0.05) is 31.6 Å². The highest BCUT2D eigenvalue weighted by atomic mass is 127. The molecule has 0 aliphatic carbocycles. The van der Waals surface area contributed by atoms with Crippen LogP contribution in [0.1, 0.15) is 30.8 Å². The van der Waals surface area contributed by atoms with Gasteiger partial charge in [0.05, 0.1) is 17.1 Å². The fourth-order valence-corrected chi connectivity index (χ4v) is 3.76. The largest absolute Gasteiger partial charge is 0.492 e. The van der Waals surface area contributed by atoms with Crippen LogP contribution in [0, 0.1) is 13.8 Å². The summed E-state index contributed by atoms with van der Waals surface area (Å²) in [6.45, 7) is 9.90. The summed E-state index contributed by atoms with van der Waals surface area (Å²) >= 11 is 0. The van der Waals surface area contributed by atoms with Crippen LogP contribution in [0.2, 0.25) is 0 Å². The van der Waals surface area contributed by atoms with Crippen molar-refractivity contribution in [1.29, 1.82) is 0 Å². The van der Waals surface area contributed by atoms with Gasteiger partial charge in [0.2, 0.25) is 0 Å². The Morgan fingerprint density at radius 3 is 2.42 bits per heavy atom. The number of nitrogens with one attached hydrogen (secondary N) is 2. The van der Waals surface area contributed by atoms with E-state index in [4.69, 9.17) is 4.74 Å². The number of halogens is 1. The molecule has 10 heteroatoms. The number of rotatable bonds is 9. The number of ether oxygens (including phenoxy) is 1. The highest BCUT2D eigenvalue weighted by Gasteiger charge is 2.14. The van der Waals surface area contributed by atoms with Crippen LogP contribution in [0.25, 0.3) is 0 Å². The van der Waals surface area contributed by atoms with Gasteiger partial charge in [-0.15, -0.1) is 24.0 Å². The molecule has 0 saturated carbocycles. The molecule has 0 aliphatic rings. The Labute approximate surface area is 202 Å². The third-order valence-electron chi connectivity index (χ3n) is 4.78. The van der Waals surface area contributed by atoms with Gasteiger partial charge < -0.3 is 15.4 Å². The molecule has 1 heterocycles. The predicted octanol–water partition coefficient (Wildman–Crippen LogP) is 2.62. The zero-order chi connectivity index (χ0) is 22.3. The summed E-state index contributed by atoms with van der Waals surface area (Å²) in [5, 5.41) is 11.2. The number of hydrogen-bond acceptors (Lipinski definition) is 5. The van der Waals surface area contributed by atoms with Crippen molar-refractivity contribution in [3.63, 3.8) is 0 Å². The normalized spacial score (nSPS) is 12.8. The number of aryl methyl sites for hydroxylation is 2. The van der Waals surface area contributed by atoms with Crippen LogP contribution >= 0.6 is 24.0 Å². The van der Waals surface area contributed by atoms with Crippen LogP contribution in [-0.4, -0.2) is 56.2 Å². The van der Waals surface area contributed by atoms with E-state index in [2.05, 4.69) is 34.6 Å². The number of sulfone groups is 1. The fourth-order valence-electron chi connectivity index (χ4n) is 3.13. The van der Waals surface area contributed by atoms with Gasteiger partial charge in [-0.1, -0.05) is 0 Å². The first-order chi connectivity index (χ1) is 14.1. The Balaban J connectivity index is 0.00000480. The summed E-state index contributed by atoms with van der Waals surface area (Å²) in [5.41, 5.74) is 3.49. The van der Waals surface area contributed by atoms with E-state index >= 15 is 0 Å². The standard InChI is InChI=1S/C21H33N5O3S.HI/c1-7-22-21(24-15(2)14-20-16(3)25-26(5)17(20)4)23-12-13-29-18-8-10-19(11-9-18)30(6,27)28;/h8-11,15H,7,12-14H2,1-6H3,(H2,22,23,24);1H. The van der Waals surface area contributed by atoms with E-state index in [1.165, 1.54) is 17.5 Å². The van der Waals surface area contributed by atoms with Crippen molar-refractivity contribution in [2.24, 2.45) is 12.0 Å². The van der Waals surface area contributed by atoms with E-state index < -0.39 is 9.84 Å². The number of nitrogens with zero attached hydrogens (tertiary/aromatic N) is 3. The number of benzene rings is 1. The Kier molecular flexibility index (Phi) is 10.8. The molecule has 2 rings (SSSR count). The predicted molar refractivity (Wildman–Crippen MR) is 135 cm³/mol. The zero-order valence-electron chi connectivity index (χ0n) is 19.1. The van der Waals surface area contributed by atoms with Crippen LogP contribution in [0.3, 0.4) is 0 Å². The van der Waals surface area contributed by atoms with Gasteiger partial charge in [0.15, 0.2) is 15.8 Å². The molecule has 0 aliphatic heterocycles. The maximum absolute atomic E-state index is 11.5. The molecular formula is C21H34IN5O3S. The van der Waals surface area contributed by atoms with Crippen molar-refractivity contribution in [1.82, 2.24) is 20.4 Å². The van der Waals surface area contributed by atoms with Crippen LogP contribution in [0.5, 0.6) is 5.75 Å². The van der Waals surface area contributed by atoms with Gasteiger partial charge in [-0.3, -0.25) is 4.68 Å². The van der Waals surface area contributed by atoms with Crippen LogP contribution in [-0.2, 0) is 23.3 Å². The molecular weight excluding hydrogens is 529 g/mol. The van der Waals surface area contributed by atoms with Crippen molar-refractivity contribution in [3.05, 3.63) is 41.2 Å². The lowest BCUT2D eigenvalue weighted by Gasteiger charge is -2.18. The molecule has 1 atom stereocenters. The average molecular weight is 564 g/mol. The van der Waals surface area contributed by atoms with Crippen LogP contribution < -0.4 is 15.4 Å². The van der Waals surface area contributed by atoms with E-state index in [1.54, 1.807) is 24.3 Å². The van der Waals surface area contributed by atoms with Gasteiger partial charge >= 0.3 is 0 Å². The van der Waals surface area contributed by atoms with E-state index in [9.17, 15) is 8.42 Å². The molecule has 0 radical (unpaired) electrons. The van der Waals surface area contributed by atoms with Crippen LogP contribution in [0.4, 0.5) is 0 Å². The van der Waals surface area contributed by atoms with E-state index in [-0.39, 0.29) is 34.9 Å². The summed E-state index contributed by atoms with van der Waals surface area (Å²) in [4.78, 5) is 4.85. The first-order valence-electron chi connectivity index (χ1n) is 10.1. The third kappa shape index (κ3) is 8.32. The number of hydrogen-bond donors (Lipinski definition) is 2. The second-order valence-corrected chi connectivity index (χ2v) is 9.39. The first kappa shape index (κ1) is 27.2. The molecule has 2 N–H and O–H groups in total. The molecule has 0 spiro atoms. The van der Waals surface area contributed by atoms with E-state index in [1.807, 2.05) is 25.6 Å². The molecule has 174 valence electrons. The van der Waals surface area contributed by atoms with Gasteiger partial charge in [0.25, 0.3) is 0 Å². The van der Waals surface area contributed by atoms with Gasteiger partial charge in [0.1, 0.15) is 12.4 Å². The lowest BCUT2D eigenvalue weighted by molar-refractivity contribution is 0.328. The fraction of sp³-hybridized carbons (Fsp3) is 0.524. The summed E-state index contributed by atoms with van der Waals surface area (Å²) in [6.07, 6.45) is 2.05. The van der Waals surface area contributed by atoms with Crippen molar-refractivity contribution >= 4 is 39.8 Å². The second-order valence-electron chi connectivity index (χ2n) is 7.38. The number of aromatic nitrogens is 2. The zero-order valence-corrected chi connectivity index (χ0v) is 22.2. The van der Waals surface area contributed by atoms with Gasteiger partial charge in [-0.2, -0.15) is 5.10 Å². The molecule has 0 saturated heterocycles. The highest BCUT2D eigenvalue weighted by Crippen LogP contribution is 2.16. The van der Waals surface area contributed by atoms with Crippen molar-refractivity contribution in [2.75, 3.05) is 26.0 Å². The van der Waals surface area contributed by atoms with Crippen LogP contribution in [0.15, 0.2) is 34.2 Å². The van der Waals surface area contributed by atoms with Gasteiger partial charge in [-0.05, 0) is 63.9 Å². The topological polar surface area (TPSA) is 97.6 Å². The van der Waals surface area contributed by atoms with E-state index in [0.717, 1.165) is 24.6 Å². The monoisotopic (exact) mass is 563 g/mol. The Hall–Kier alpha value is -1.82. The van der Waals surface area contributed by atoms with Crippen molar-refractivity contribution in [3.8, 4) is 5.75 Å². The average Bonchev–Trinajstić information content (AvgIpc) is 2.91. The molecule has 0 amide bonds. The lowest BCUT2D eigenvalue weighted by Crippen LogP contribution is -2.43. The molecule has 1 aromatic heterocycles. The third-order valence-corrected chi connectivity index (χ3v) is 5.91. The molecule has 8 nitrogen and oxygen atoms in total. The maximum atomic E-state index is 11.5. The Morgan fingerprint density at radius 2 is 1.90 bits per heavy atom.